The van der Waals surface area contributed by atoms with Gasteiger partial charge in [0.2, 0.25) is 5.91 Å². The first-order valence-corrected chi connectivity index (χ1v) is 8.21. The van der Waals surface area contributed by atoms with Gasteiger partial charge in [-0.05, 0) is 38.7 Å². The normalized spacial score (nSPS) is 23.1. The lowest BCUT2D eigenvalue weighted by Crippen LogP contribution is -2.50. The van der Waals surface area contributed by atoms with Crippen molar-refractivity contribution in [2.45, 2.75) is 44.2 Å². The fourth-order valence-corrected chi connectivity index (χ4v) is 3.21. The van der Waals surface area contributed by atoms with E-state index in [9.17, 15) is 10.1 Å². The Labute approximate surface area is 137 Å². The summed E-state index contributed by atoms with van der Waals surface area (Å²) in [4.78, 5) is 12.2. The molecule has 3 rings (SSSR count). The van der Waals surface area contributed by atoms with E-state index in [-0.39, 0.29) is 24.4 Å². The lowest BCUT2D eigenvalue weighted by molar-refractivity contribution is -0.121. The maximum atomic E-state index is 12.2. The largest absolute Gasteiger partial charge is 0.493 e. The van der Waals surface area contributed by atoms with Gasteiger partial charge in [-0.1, -0.05) is 18.2 Å². The number of fused-ring (bicyclic) bond motifs is 1. The number of para-hydroxylation sites is 1. The van der Waals surface area contributed by atoms with Crippen molar-refractivity contribution in [3.63, 3.8) is 0 Å². The third kappa shape index (κ3) is 3.32. The van der Waals surface area contributed by atoms with E-state index in [0.29, 0.717) is 12.5 Å². The number of carbonyl (C=O) groups is 1. The topological polar surface area (TPSA) is 74.2 Å². The number of carbonyl (C=O) groups excluding carboxylic acids is 1. The number of hydrogen-bond donors (Lipinski definition) is 2. The van der Waals surface area contributed by atoms with Crippen molar-refractivity contribution in [1.82, 2.24) is 10.6 Å². The quantitative estimate of drug-likeness (QED) is 0.842. The summed E-state index contributed by atoms with van der Waals surface area (Å²) in [5.74, 6) is 1.34. The average molecular weight is 313 g/mol. The second kappa shape index (κ2) is 6.21. The summed E-state index contributed by atoms with van der Waals surface area (Å²) in [6, 6.07) is 10.4. The molecule has 122 valence electrons. The van der Waals surface area contributed by atoms with Gasteiger partial charge < -0.3 is 15.4 Å². The summed E-state index contributed by atoms with van der Waals surface area (Å²) in [5, 5.41) is 15.4. The Hall–Kier alpha value is -2.06. The predicted octanol–water partition coefficient (Wildman–Crippen LogP) is 1.95. The number of nitrogens with one attached hydrogen (secondary N) is 2. The molecule has 1 aromatic rings. The van der Waals surface area contributed by atoms with Gasteiger partial charge in [-0.3, -0.25) is 4.79 Å². The number of hydrogen-bond acceptors (Lipinski definition) is 4. The Kier molecular flexibility index (Phi) is 4.27. The van der Waals surface area contributed by atoms with Crippen molar-refractivity contribution in [3.8, 4) is 11.8 Å². The highest BCUT2D eigenvalue weighted by molar-refractivity contribution is 5.79. The van der Waals surface area contributed by atoms with Crippen LogP contribution in [0.1, 0.15) is 38.2 Å². The molecule has 1 saturated carbocycles. The lowest BCUT2D eigenvalue weighted by atomic mass is 9.94. The number of rotatable bonds is 6. The number of ether oxygens (including phenoxy) is 1. The average Bonchev–Trinajstić information content (AvgIpc) is 3.33. The van der Waals surface area contributed by atoms with Crippen LogP contribution in [0.3, 0.4) is 0 Å². The van der Waals surface area contributed by atoms with Crippen LogP contribution in [0, 0.1) is 17.2 Å². The molecule has 5 heteroatoms. The molecule has 2 N–H and O–H groups in total. The van der Waals surface area contributed by atoms with Crippen LogP contribution >= 0.6 is 0 Å². The molecule has 0 bridgehead atoms. The zero-order chi connectivity index (χ0) is 16.4. The van der Waals surface area contributed by atoms with Gasteiger partial charge in [0.15, 0.2) is 0 Å². The third-order valence-corrected chi connectivity index (χ3v) is 4.95. The van der Waals surface area contributed by atoms with Gasteiger partial charge in [0.05, 0.1) is 19.2 Å². The minimum atomic E-state index is -0.731. The minimum Gasteiger partial charge on any atom is -0.493 e. The van der Waals surface area contributed by atoms with Crippen molar-refractivity contribution in [2.75, 3.05) is 13.2 Å². The van der Waals surface area contributed by atoms with Crippen molar-refractivity contribution in [2.24, 2.45) is 5.92 Å². The molecule has 5 nitrogen and oxygen atoms in total. The Morgan fingerprint density at radius 2 is 2.22 bits per heavy atom. The fourth-order valence-electron chi connectivity index (χ4n) is 3.21. The van der Waals surface area contributed by atoms with Gasteiger partial charge in [0.1, 0.15) is 11.3 Å². The maximum Gasteiger partial charge on any atom is 0.235 e. The van der Waals surface area contributed by atoms with E-state index in [1.54, 1.807) is 0 Å². The second-order valence-electron chi connectivity index (χ2n) is 6.76. The molecule has 1 aliphatic carbocycles. The van der Waals surface area contributed by atoms with Gasteiger partial charge in [0, 0.05) is 17.5 Å². The molecule has 1 fully saturated rings. The first kappa shape index (κ1) is 15.8. The lowest BCUT2D eigenvalue weighted by Gasteiger charge is -2.24. The van der Waals surface area contributed by atoms with Crippen LogP contribution in [0.25, 0.3) is 0 Å². The Morgan fingerprint density at radius 3 is 2.91 bits per heavy atom. The van der Waals surface area contributed by atoms with Crippen molar-refractivity contribution in [3.05, 3.63) is 29.8 Å². The van der Waals surface area contributed by atoms with Gasteiger partial charge in [-0.15, -0.1) is 0 Å². The summed E-state index contributed by atoms with van der Waals surface area (Å²) >= 11 is 0. The van der Waals surface area contributed by atoms with Crippen LogP contribution in [-0.4, -0.2) is 30.6 Å². The number of nitrogens with zero attached hydrogens (tertiary/aromatic N) is 1. The molecule has 1 aromatic carbocycles. The first-order valence-electron chi connectivity index (χ1n) is 8.21. The van der Waals surface area contributed by atoms with Crippen molar-refractivity contribution in [1.29, 1.82) is 5.26 Å². The van der Waals surface area contributed by atoms with Gasteiger partial charge in [-0.2, -0.15) is 5.26 Å². The number of amides is 1. The Bertz CT molecular complexity index is 635. The van der Waals surface area contributed by atoms with E-state index in [0.717, 1.165) is 18.6 Å². The molecule has 1 aliphatic heterocycles. The van der Waals surface area contributed by atoms with Gasteiger partial charge >= 0.3 is 0 Å². The first-order chi connectivity index (χ1) is 11.0. The maximum absolute atomic E-state index is 12.2. The minimum absolute atomic E-state index is 0.124. The highest BCUT2D eigenvalue weighted by atomic mass is 16.5. The molecule has 3 atom stereocenters. The van der Waals surface area contributed by atoms with Crippen LogP contribution in [0.2, 0.25) is 0 Å². The van der Waals surface area contributed by atoms with E-state index >= 15 is 0 Å². The molecule has 0 aromatic heterocycles. The molecule has 0 radical (unpaired) electrons. The molecular weight excluding hydrogens is 290 g/mol. The summed E-state index contributed by atoms with van der Waals surface area (Å²) in [6.07, 6.45) is 2.04. The van der Waals surface area contributed by atoms with Crippen LogP contribution in [0.4, 0.5) is 0 Å². The Balaban J connectivity index is 1.52. The zero-order valence-corrected chi connectivity index (χ0v) is 13.6. The predicted molar refractivity (Wildman–Crippen MR) is 87.0 cm³/mol. The fraction of sp³-hybridized carbons (Fsp3) is 0.556. The molecule has 1 heterocycles. The van der Waals surface area contributed by atoms with Crippen molar-refractivity contribution < 1.29 is 9.53 Å². The number of benzene rings is 1. The van der Waals surface area contributed by atoms with Gasteiger partial charge in [0.25, 0.3) is 0 Å². The molecule has 0 saturated heterocycles. The smallest absolute Gasteiger partial charge is 0.235 e. The molecule has 2 aliphatic rings. The van der Waals surface area contributed by atoms with E-state index in [1.807, 2.05) is 25.1 Å². The van der Waals surface area contributed by atoms with Crippen LogP contribution in [0.5, 0.6) is 5.75 Å². The highest BCUT2D eigenvalue weighted by Gasteiger charge is 2.43. The summed E-state index contributed by atoms with van der Waals surface area (Å²) in [5.41, 5.74) is 0.457. The molecular formula is C18H23N3O2. The van der Waals surface area contributed by atoms with Crippen LogP contribution in [-0.2, 0) is 4.79 Å². The van der Waals surface area contributed by atoms with Gasteiger partial charge in [-0.25, -0.2) is 0 Å². The summed E-state index contributed by atoms with van der Waals surface area (Å²) in [7, 11) is 0. The second-order valence-corrected chi connectivity index (χ2v) is 6.76. The van der Waals surface area contributed by atoms with E-state index in [1.165, 1.54) is 5.56 Å². The van der Waals surface area contributed by atoms with E-state index in [4.69, 9.17) is 4.74 Å². The van der Waals surface area contributed by atoms with Crippen LogP contribution in [0.15, 0.2) is 24.3 Å². The van der Waals surface area contributed by atoms with Crippen LogP contribution < -0.4 is 15.4 Å². The van der Waals surface area contributed by atoms with E-state index < -0.39 is 5.54 Å². The van der Waals surface area contributed by atoms with Crippen molar-refractivity contribution >= 4 is 5.91 Å². The molecule has 23 heavy (non-hydrogen) atoms. The third-order valence-electron chi connectivity index (χ3n) is 4.95. The highest BCUT2D eigenvalue weighted by Crippen LogP contribution is 2.39. The number of nitriles is 1. The monoisotopic (exact) mass is 313 g/mol. The summed E-state index contributed by atoms with van der Waals surface area (Å²) < 4.78 is 5.69. The summed E-state index contributed by atoms with van der Waals surface area (Å²) in [6.45, 7) is 4.72. The molecule has 0 unspecified atom stereocenters. The van der Waals surface area contributed by atoms with E-state index in [2.05, 4.69) is 29.7 Å². The molecule has 1 amide bonds. The molecule has 0 spiro atoms. The standard InChI is InChI=1S/C18H23N3O2/c1-12(15-10-23-16-6-4-3-5-14(15)16)20-9-17(22)21-18(2,11-19)13-7-8-13/h3-6,12-13,15,20H,7-10H2,1-2H3,(H,21,22)/t12-,15+,18-/m0/s1. The Morgan fingerprint density at radius 1 is 1.48 bits per heavy atom. The zero-order valence-electron chi connectivity index (χ0n) is 13.6. The SMILES string of the molecule is C[C@H](NCC(=O)N[C@@](C)(C#N)C1CC1)[C@H]1COc2ccccc21.